The van der Waals surface area contributed by atoms with Crippen LogP contribution in [-0.4, -0.2) is 24.3 Å². The van der Waals surface area contributed by atoms with Crippen LogP contribution in [0.25, 0.3) is 0 Å². The van der Waals surface area contributed by atoms with E-state index in [0.29, 0.717) is 11.6 Å². The van der Waals surface area contributed by atoms with E-state index in [4.69, 9.17) is 11.6 Å². The van der Waals surface area contributed by atoms with Crippen LogP contribution in [0.15, 0.2) is 42.5 Å². The summed E-state index contributed by atoms with van der Waals surface area (Å²) in [6, 6.07) is 10.1. The molecule has 0 atom stereocenters. The molecular weight excluding hydrogens is 296 g/mol. The van der Waals surface area contributed by atoms with Gasteiger partial charge in [-0.15, -0.1) is 0 Å². The molecule has 0 unspecified atom stereocenters. The Morgan fingerprint density at radius 2 is 1.90 bits per heavy atom. The molecule has 0 spiro atoms. The van der Waals surface area contributed by atoms with Crippen LogP contribution in [0.4, 0.5) is 8.78 Å². The monoisotopic (exact) mass is 309 g/mol. The van der Waals surface area contributed by atoms with Gasteiger partial charge in [0.25, 0.3) is 0 Å². The first kappa shape index (κ1) is 15.6. The van der Waals surface area contributed by atoms with Crippen molar-refractivity contribution in [1.29, 1.82) is 0 Å². The number of ketones is 1. The minimum Gasteiger partial charge on any atom is -0.295 e. The van der Waals surface area contributed by atoms with Gasteiger partial charge in [0.15, 0.2) is 5.78 Å². The molecule has 2 aromatic carbocycles. The maximum atomic E-state index is 13.5. The number of hydrogen-bond acceptors (Lipinski definition) is 2. The van der Waals surface area contributed by atoms with Gasteiger partial charge < -0.3 is 0 Å². The van der Waals surface area contributed by atoms with Gasteiger partial charge >= 0.3 is 0 Å². The first-order chi connectivity index (χ1) is 9.97. The normalized spacial score (nSPS) is 10.9. The molecule has 0 N–H and O–H groups in total. The van der Waals surface area contributed by atoms with Gasteiger partial charge in [-0.1, -0.05) is 29.8 Å². The van der Waals surface area contributed by atoms with Crippen LogP contribution in [0.3, 0.4) is 0 Å². The molecule has 0 saturated carbocycles. The molecule has 0 saturated heterocycles. The summed E-state index contributed by atoms with van der Waals surface area (Å²) in [5.74, 6) is -1.82. The Labute approximate surface area is 127 Å². The third-order valence-electron chi connectivity index (χ3n) is 3.04. The van der Waals surface area contributed by atoms with Crippen LogP contribution in [0.2, 0.25) is 5.02 Å². The lowest BCUT2D eigenvalue weighted by Crippen LogP contribution is -2.26. The highest BCUT2D eigenvalue weighted by Crippen LogP contribution is 2.17. The molecule has 21 heavy (non-hydrogen) atoms. The van der Waals surface area contributed by atoms with Crippen LogP contribution in [0, 0.1) is 11.6 Å². The van der Waals surface area contributed by atoms with E-state index in [1.54, 1.807) is 18.0 Å². The predicted octanol–water partition coefficient (Wildman–Crippen LogP) is 3.93. The topological polar surface area (TPSA) is 20.3 Å². The molecule has 110 valence electrons. The number of nitrogens with zero attached hydrogens (tertiary/aromatic N) is 1. The molecule has 0 aromatic heterocycles. The maximum Gasteiger partial charge on any atom is 0.179 e. The molecule has 0 aliphatic rings. The highest BCUT2D eigenvalue weighted by Gasteiger charge is 2.15. The molecule has 0 aliphatic carbocycles. The molecule has 0 bridgehead atoms. The molecule has 2 rings (SSSR count). The summed E-state index contributed by atoms with van der Waals surface area (Å²) < 4.78 is 26.6. The third-order valence-corrected chi connectivity index (χ3v) is 3.41. The summed E-state index contributed by atoms with van der Waals surface area (Å²) in [6.45, 7) is 0.425. The van der Waals surface area contributed by atoms with Gasteiger partial charge in [-0.25, -0.2) is 8.78 Å². The lowest BCUT2D eigenvalue weighted by Gasteiger charge is -2.16. The Balaban J connectivity index is 2.06. The van der Waals surface area contributed by atoms with E-state index in [2.05, 4.69) is 0 Å². The van der Waals surface area contributed by atoms with E-state index in [9.17, 15) is 13.6 Å². The average molecular weight is 310 g/mol. The average Bonchev–Trinajstić information content (AvgIpc) is 2.44. The number of benzene rings is 2. The second kappa shape index (κ2) is 6.78. The van der Waals surface area contributed by atoms with E-state index < -0.39 is 17.4 Å². The molecule has 0 aliphatic heterocycles. The van der Waals surface area contributed by atoms with Crippen LogP contribution >= 0.6 is 11.6 Å². The Kier molecular flexibility index (Phi) is 5.04. The molecule has 2 nitrogen and oxygen atoms in total. The largest absolute Gasteiger partial charge is 0.295 e. The Morgan fingerprint density at radius 3 is 2.62 bits per heavy atom. The molecule has 0 radical (unpaired) electrons. The summed E-state index contributed by atoms with van der Waals surface area (Å²) in [4.78, 5) is 13.7. The van der Waals surface area contributed by atoms with Crippen molar-refractivity contribution in [1.82, 2.24) is 4.90 Å². The molecule has 5 heteroatoms. The van der Waals surface area contributed by atoms with Crippen molar-refractivity contribution in [2.75, 3.05) is 13.6 Å². The Bertz CT molecular complexity index is 660. The summed E-state index contributed by atoms with van der Waals surface area (Å²) >= 11 is 6.05. The summed E-state index contributed by atoms with van der Waals surface area (Å²) in [7, 11) is 1.72. The number of Topliss-reactive ketones (excluding diaryl/α,β-unsaturated/α-hetero) is 1. The minimum atomic E-state index is -0.715. The fourth-order valence-corrected chi connectivity index (χ4v) is 2.21. The molecule has 0 fully saturated rings. The van der Waals surface area contributed by atoms with Crippen molar-refractivity contribution < 1.29 is 13.6 Å². The van der Waals surface area contributed by atoms with E-state index in [1.807, 2.05) is 18.2 Å². The number of carbonyl (C=O) groups is 1. The number of halogens is 3. The SMILES string of the molecule is CN(CC(=O)c1cc(F)ccc1F)Cc1ccccc1Cl. The quantitative estimate of drug-likeness (QED) is 0.780. The molecular formula is C16H14ClF2NO. The Hall–Kier alpha value is -1.78. The summed E-state index contributed by atoms with van der Waals surface area (Å²) in [5.41, 5.74) is 0.634. The van der Waals surface area contributed by atoms with Crippen molar-refractivity contribution in [3.05, 3.63) is 70.2 Å². The van der Waals surface area contributed by atoms with Gasteiger partial charge in [0.05, 0.1) is 12.1 Å². The van der Waals surface area contributed by atoms with E-state index in [0.717, 1.165) is 23.8 Å². The lowest BCUT2D eigenvalue weighted by atomic mass is 10.1. The molecule has 0 heterocycles. The summed E-state index contributed by atoms with van der Waals surface area (Å²) in [5, 5.41) is 0.605. The lowest BCUT2D eigenvalue weighted by molar-refractivity contribution is 0.0938. The zero-order chi connectivity index (χ0) is 15.4. The van der Waals surface area contributed by atoms with Gasteiger partial charge in [-0.05, 0) is 36.9 Å². The number of rotatable bonds is 5. The Morgan fingerprint density at radius 1 is 1.19 bits per heavy atom. The van der Waals surface area contributed by atoms with Crippen LogP contribution in [0.1, 0.15) is 15.9 Å². The highest BCUT2D eigenvalue weighted by atomic mass is 35.5. The predicted molar refractivity (Wildman–Crippen MR) is 78.5 cm³/mol. The number of carbonyl (C=O) groups excluding carboxylic acids is 1. The zero-order valence-corrected chi connectivity index (χ0v) is 12.2. The van der Waals surface area contributed by atoms with Gasteiger partial charge in [-0.3, -0.25) is 9.69 Å². The minimum absolute atomic E-state index is 0.0222. The number of likely N-dealkylation sites (N-methyl/N-ethyl adjacent to an activating group) is 1. The molecule has 2 aromatic rings. The fraction of sp³-hybridized carbons (Fsp3) is 0.188. The third kappa shape index (κ3) is 4.09. The zero-order valence-electron chi connectivity index (χ0n) is 11.4. The van der Waals surface area contributed by atoms with E-state index >= 15 is 0 Å². The van der Waals surface area contributed by atoms with Gasteiger partial charge in [0, 0.05) is 11.6 Å². The molecule has 0 amide bonds. The first-order valence-corrected chi connectivity index (χ1v) is 6.75. The van der Waals surface area contributed by atoms with Crippen LogP contribution in [-0.2, 0) is 6.54 Å². The van der Waals surface area contributed by atoms with Gasteiger partial charge in [0.2, 0.25) is 0 Å². The van der Waals surface area contributed by atoms with Crippen LogP contribution in [0.5, 0.6) is 0 Å². The second-order valence-electron chi connectivity index (χ2n) is 4.81. The van der Waals surface area contributed by atoms with Crippen molar-refractivity contribution in [3.63, 3.8) is 0 Å². The van der Waals surface area contributed by atoms with Crippen molar-refractivity contribution in [2.45, 2.75) is 6.54 Å². The van der Waals surface area contributed by atoms with Crippen molar-refractivity contribution >= 4 is 17.4 Å². The maximum absolute atomic E-state index is 13.5. The van der Waals surface area contributed by atoms with Gasteiger partial charge in [-0.2, -0.15) is 0 Å². The standard InChI is InChI=1S/C16H14ClF2NO/c1-20(9-11-4-2-3-5-14(11)17)10-16(21)13-8-12(18)6-7-15(13)19/h2-8H,9-10H2,1H3. The fourth-order valence-electron chi connectivity index (χ4n) is 2.01. The second-order valence-corrected chi connectivity index (χ2v) is 5.22. The van der Waals surface area contributed by atoms with E-state index in [-0.39, 0.29) is 12.1 Å². The summed E-state index contributed by atoms with van der Waals surface area (Å²) in [6.07, 6.45) is 0. The number of hydrogen-bond donors (Lipinski definition) is 0. The first-order valence-electron chi connectivity index (χ1n) is 6.37. The smallest absolute Gasteiger partial charge is 0.179 e. The van der Waals surface area contributed by atoms with Crippen LogP contribution < -0.4 is 0 Å². The van der Waals surface area contributed by atoms with Crippen molar-refractivity contribution in [3.8, 4) is 0 Å². The van der Waals surface area contributed by atoms with E-state index in [1.165, 1.54) is 0 Å². The van der Waals surface area contributed by atoms with Gasteiger partial charge in [0.1, 0.15) is 11.6 Å². The highest BCUT2D eigenvalue weighted by molar-refractivity contribution is 6.31. The van der Waals surface area contributed by atoms with Crippen molar-refractivity contribution in [2.24, 2.45) is 0 Å².